The van der Waals surface area contributed by atoms with Crippen molar-refractivity contribution in [2.24, 2.45) is 0 Å². The molecule has 0 bridgehead atoms. The van der Waals surface area contributed by atoms with Crippen LogP contribution in [0.4, 0.5) is 5.69 Å². The molecule has 0 unspecified atom stereocenters. The Bertz CT molecular complexity index is 765. The maximum absolute atomic E-state index is 10.8. The SMILES string of the molecule is CCN(CCCCS(=O)(=O)O)c1ccc(C=CC2=CCN(C)C=C2)cc1. The van der Waals surface area contributed by atoms with Crippen LogP contribution in [0.2, 0.25) is 0 Å². The molecule has 1 aromatic carbocycles. The zero-order valence-electron chi connectivity index (χ0n) is 15.5. The lowest BCUT2D eigenvalue weighted by molar-refractivity contribution is 0.480. The van der Waals surface area contributed by atoms with Crippen LogP contribution in [-0.2, 0) is 10.1 Å². The number of hydrogen-bond acceptors (Lipinski definition) is 4. The Hall–Kier alpha value is -2.05. The van der Waals surface area contributed by atoms with Crippen molar-refractivity contribution in [2.75, 3.05) is 37.3 Å². The molecule has 2 rings (SSSR count). The second-order valence-corrected chi connectivity index (χ2v) is 8.03. The van der Waals surface area contributed by atoms with Crippen molar-refractivity contribution in [3.05, 3.63) is 59.8 Å². The summed E-state index contributed by atoms with van der Waals surface area (Å²) in [5.41, 5.74) is 3.47. The van der Waals surface area contributed by atoms with Crippen molar-refractivity contribution in [3.8, 4) is 0 Å². The van der Waals surface area contributed by atoms with Gasteiger partial charge in [-0.25, -0.2) is 0 Å². The molecule has 1 aliphatic rings. The Kier molecular flexibility index (Phi) is 7.48. The average Bonchev–Trinajstić information content (AvgIpc) is 2.61. The Morgan fingerprint density at radius 1 is 1.19 bits per heavy atom. The topological polar surface area (TPSA) is 60.9 Å². The number of likely N-dealkylation sites (N-methyl/N-ethyl adjacent to an activating group) is 1. The Labute approximate surface area is 157 Å². The van der Waals surface area contributed by atoms with Gasteiger partial charge in [-0.2, -0.15) is 8.42 Å². The molecular weight excluding hydrogens is 348 g/mol. The van der Waals surface area contributed by atoms with E-state index in [-0.39, 0.29) is 5.75 Å². The molecule has 0 spiro atoms. The zero-order valence-corrected chi connectivity index (χ0v) is 16.3. The molecular formula is C20H28N2O3S. The van der Waals surface area contributed by atoms with E-state index in [9.17, 15) is 8.42 Å². The van der Waals surface area contributed by atoms with Crippen LogP contribution >= 0.6 is 0 Å². The molecule has 1 aliphatic heterocycles. The molecule has 1 N–H and O–H groups in total. The maximum Gasteiger partial charge on any atom is 0.264 e. The van der Waals surface area contributed by atoms with Gasteiger partial charge in [-0.05, 0) is 55.3 Å². The summed E-state index contributed by atoms with van der Waals surface area (Å²) in [6.07, 6.45) is 11.8. The van der Waals surface area contributed by atoms with E-state index in [1.807, 2.05) is 0 Å². The van der Waals surface area contributed by atoms with Crippen LogP contribution in [0, 0.1) is 0 Å². The minimum Gasteiger partial charge on any atom is -0.377 e. The van der Waals surface area contributed by atoms with E-state index in [4.69, 9.17) is 4.55 Å². The largest absolute Gasteiger partial charge is 0.377 e. The highest BCUT2D eigenvalue weighted by atomic mass is 32.2. The second kappa shape index (κ2) is 9.59. The molecule has 0 saturated carbocycles. The third-order valence-electron chi connectivity index (χ3n) is 4.32. The molecule has 0 aliphatic carbocycles. The van der Waals surface area contributed by atoms with Gasteiger partial charge in [0.05, 0.1) is 5.75 Å². The lowest BCUT2D eigenvalue weighted by Crippen LogP contribution is -2.24. The maximum atomic E-state index is 10.8. The molecule has 0 aromatic heterocycles. The van der Waals surface area contributed by atoms with Crippen LogP contribution in [0.15, 0.2) is 54.3 Å². The Morgan fingerprint density at radius 2 is 1.92 bits per heavy atom. The van der Waals surface area contributed by atoms with Crippen molar-refractivity contribution in [1.82, 2.24) is 4.90 Å². The highest BCUT2D eigenvalue weighted by Gasteiger charge is 2.07. The van der Waals surface area contributed by atoms with Crippen LogP contribution in [0.1, 0.15) is 25.3 Å². The highest BCUT2D eigenvalue weighted by Crippen LogP contribution is 2.18. The van der Waals surface area contributed by atoms with Crippen molar-refractivity contribution in [2.45, 2.75) is 19.8 Å². The number of rotatable bonds is 9. The number of unbranched alkanes of at least 4 members (excludes halogenated alkanes) is 1. The molecule has 142 valence electrons. The van der Waals surface area contributed by atoms with Crippen LogP contribution in [0.3, 0.4) is 0 Å². The van der Waals surface area contributed by atoms with Gasteiger partial charge in [0.15, 0.2) is 0 Å². The van der Waals surface area contributed by atoms with E-state index in [1.54, 1.807) is 0 Å². The van der Waals surface area contributed by atoms with Gasteiger partial charge in [-0.3, -0.25) is 4.55 Å². The fourth-order valence-corrected chi connectivity index (χ4v) is 3.33. The lowest BCUT2D eigenvalue weighted by atomic mass is 10.1. The van der Waals surface area contributed by atoms with Gasteiger partial charge >= 0.3 is 0 Å². The number of nitrogens with zero attached hydrogens (tertiary/aromatic N) is 2. The summed E-state index contributed by atoms with van der Waals surface area (Å²) in [4.78, 5) is 4.33. The Morgan fingerprint density at radius 3 is 2.50 bits per heavy atom. The summed E-state index contributed by atoms with van der Waals surface area (Å²) in [5, 5.41) is 0. The molecule has 0 fully saturated rings. The van der Waals surface area contributed by atoms with Crippen LogP contribution < -0.4 is 4.90 Å². The normalized spacial score (nSPS) is 14.7. The predicted octanol–water partition coefficient (Wildman–Crippen LogP) is 3.58. The fourth-order valence-electron chi connectivity index (χ4n) is 2.76. The first kappa shape index (κ1) is 20.3. The molecule has 0 amide bonds. The molecule has 0 radical (unpaired) electrons. The number of anilines is 1. The quantitative estimate of drug-likeness (QED) is 0.527. The molecule has 26 heavy (non-hydrogen) atoms. The van der Waals surface area contributed by atoms with Gasteiger partial charge in [-0.1, -0.05) is 30.4 Å². The van der Waals surface area contributed by atoms with E-state index < -0.39 is 10.1 Å². The van der Waals surface area contributed by atoms with Crippen LogP contribution in [0.25, 0.3) is 6.08 Å². The molecule has 6 heteroatoms. The van der Waals surface area contributed by atoms with E-state index in [2.05, 4.69) is 78.5 Å². The number of hydrogen-bond donors (Lipinski definition) is 1. The monoisotopic (exact) mass is 376 g/mol. The van der Waals surface area contributed by atoms with Crippen LogP contribution in [0.5, 0.6) is 0 Å². The predicted molar refractivity (Wildman–Crippen MR) is 109 cm³/mol. The second-order valence-electron chi connectivity index (χ2n) is 6.46. The van der Waals surface area contributed by atoms with Gasteiger partial charge in [0.2, 0.25) is 0 Å². The minimum absolute atomic E-state index is 0.172. The van der Waals surface area contributed by atoms with Gasteiger partial charge < -0.3 is 9.80 Å². The molecule has 0 saturated heterocycles. The van der Waals surface area contributed by atoms with E-state index in [0.29, 0.717) is 6.42 Å². The highest BCUT2D eigenvalue weighted by molar-refractivity contribution is 7.85. The first-order valence-corrected chi connectivity index (χ1v) is 10.5. The molecule has 1 aromatic rings. The summed E-state index contributed by atoms with van der Waals surface area (Å²) in [7, 11) is -1.81. The number of benzene rings is 1. The first-order valence-electron chi connectivity index (χ1n) is 8.94. The van der Waals surface area contributed by atoms with Gasteiger partial charge in [0, 0.05) is 32.4 Å². The van der Waals surface area contributed by atoms with Crippen molar-refractivity contribution in [1.29, 1.82) is 0 Å². The minimum atomic E-state index is -3.86. The third-order valence-corrected chi connectivity index (χ3v) is 5.13. The molecule has 1 heterocycles. The third kappa shape index (κ3) is 7.06. The smallest absolute Gasteiger partial charge is 0.264 e. The van der Waals surface area contributed by atoms with Crippen molar-refractivity contribution < 1.29 is 13.0 Å². The molecule has 5 nitrogen and oxygen atoms in total. The first-order chi connectivity index (χ1) is 12.4. The Balaban J connectivity index is 1.89. The fraction of sp³-hybridized carbons (Fsp3) is 0.400. The average molecular weight is 377 g/mol. The van der Waals surface area contributed by atoms with E-state index >= 15 is 0 Å². The molecule has 0 atom stereocenters. The van der Waals surface area contributed by atoms with Crippen LogP contribution in [-0.4, -0.2) is 50.3 Å². The summed E-state index contributed by atoms with van der Waals surface area (Å²) >= 11 is 0. The number of allylic oxidation sites excluding steroid dienone is 3. The standard InChI is InChI=1S/C20H28N2O3S/c1-3-22(14-4-5-17-26(23,24)25)20-10-8-18(9-11-20)6-7-19-12-15-21(2)16-13-19/h6-13,15H,3-5,14,16-17H2,1-2H3,(H,23,24,25). The summed E-state index contributed by atoms with van der Waals surface area (Å²) < 4.78 is 30.3. The lowest BCUT2D eigenvalue weighted by Gasteiger charge is -2.23. The summed E-state index contributed by atoms with van der Waals surface area (Å²) in [6, 6.07) is 8.35. The summed E-state index contributed by atoms with van der Waals surface area (Å²) in [5.74, 6) is -0.172. The zero-order chi connectivity index (χ0) is 19.0. The van der Waals surface area contributed by atoms with E-state index in [1.165, 1.54) is 5.57 Å². The van der Waals surface area contributed by atoms with Gasteiger partial charge in [0.1, 0.15) is 0 Å². The summed E-state index contributed by atoms with van der Waals surface area (Å²) in [6.45, 7) is 4.63. The van der Waals surface area contributed by atoms with Gasteiger partial charge in [-0.15, -0.1) is 0 Å². The van der Waals surface area contributed by atoms with E-state index in [0.717, 1.165) is 37.3 Å². The van der Waals surface area contributed by atoms with Crippen molar-refractivity contribution >= 4 is 21.9 Å². The van der Waals surface area contributed by atoms with Crippen molar-refractivity contribution in [3.63, 3.8) is 0 Å². The van der Waals surface area contributed by atoms with Gasteiger partial charge in [0.25, 0.3) is 10.1 Å².